The van der Waals surface area contributed by atoms with Gasteiger partial charge in [-0.2, -0.15) is 11.3 Å². The number of thiophene rings is 1. The smallest absolute Gasteiger partial charge is 0.227 e. The number of aliphatic hydroxyl groups excluding tert-OH is 1. The first-order valence-corrected chi connectivity index (χ1v) is 7.25. The minimum absolute atomic E-state index is 0.110. The lowest BCUT2D eigenvalue weighted by atomic mass is 10.0. The van der Waals surface area contributed by atoms with Crippen LogP contribution in [-0.2, 0) is 4.79 Å². The molecule has 0 bridgehead atoms. The Bertz CT molecular complexity index is 554. The average molecular weight is 293 g/mol. The molecular formula is C15H16FNO2S. The van der Waals surface area contributed by atoms with Crippen molar-refractivity contribution >= 4 is 17.2 Å². The third kappa shape index (κ3) is 3.65. The van der Waals surface area contributed by atoms with Crippen LogP contribution in [0.15, 0.2) is 41.1 Å². The summed E-state index contributed by atoms with van der Waals surface area (Å²) in [6.45, 7) is 1.93. The van der Waals surface area contributed by atoms with Gasteiger partial charge in [-0.3, -0.25) is 4.79 Å². The molecule has 0 saturated heterocycles. The predicted octanol–water partition coefficient (Wildman–Crippen LogP) is 2.84. The number of benzene rings is 1. The van der Waals surface area contributed by atoms with E-state index in [-0.39, 0.29) is 24.2 Å². The van der Waals surface area contributed by atoms with Crippen LogP contribution in [0.25, 0.3) is 0 Å². The molecule has 0 saturated carbocycles. The minimum Gasteiger partial charge on any atom is -0.387 e. The zero-order valence-electron chi connectivity index (χ0n) is 11.0. The Hall–Kier alpha value is -1.72. The molecule has 0 aliphatic rings. The van der Waals surface area contributed by atoms with Gasteiger partial charge in [0.15, 0.2) is 0 Å². The molecule has 0 fully saturated rings. The minimum atomic E-state index is -0.839. The topological polar surface area (TPSA) is 49.3 Å². The Morgan fingerprint density at radius 2 is 2.00 bits per heavy atom. The first kappa shape index (κ1) is 14.7. The van der Waals surface area contributed by atoms with Crippen molar-refractivity contribution in [3.05, 3.63) is 58.0 Å². The number of halogens is 1. The van der Waals surface area contributed by atoms with Crippen molar-refractivity contribution in [3.63, 3.8) is 0 Å². The summed E-state index contributed by atoms with van der Waals surface area (Å²) < 4.78 is 12.8. The van der Waals surface area contributed by atoms with Gasteiger partial charge in [0.1, 0.15) is 5.82 Å². The molecule has 1 amide bonds. The van der Waals surface area contributed by atoms with Crippen LogP contribution >= 0.6 is 11.3 Å². The molecule has 1 aromatic carbocycles. The summed E-state index contributed by atoms with van der Waals surface area (Å²) >= 11 is 1.54. The van der Waals surface area contributed by atoms with E-state index in [0.29, 0.717) is 5.56 Å². The first-order chi connectivity index (χ1) is 9.58. The third-order valence-electron chi connectivity index (χ3n) is 3.16. The summed E-state index contributed by atoms with van der Waals surface area (Å²) in [6, 6.07) is 7.50. The lowest BCUT2D eigenvalue weighted by Gasteiger charge is -2.15. The molecule has 2 aromatic rings. The second kappa shape index (κ2) is 6.63. The summed E-state index contributed by atoms with van der Waals surface area (Å²) in [5, 5.41) is 16.5. The number of nitrogens with one attached hydrogen (secondary N) is 1. The van der Waals surface area contributed by atoms with E-state index in [1.807, 2.05) is 23.8 Å². The molecule has 0 radical (unpaired) electrons. The number of rotatable bonds is 5. The van der Waals surface area contributed by atoms with Crippen LogP contribution in [0.1, 0.15) is 30.1 Å². The highest BCUT2D eigenvalue weighted by molar-refractivity contribution is 7.08. The molecule has 0 aliphatic heterocycles. The van der Waals surface area contributed by atoms with Gasteiger partial charge in [-0.1, -0.05) is 12.1 Å². The van der Waals surface area contributed by atoms with Gasteiger partial charge in [0.25, 0.3) is 0 Å². The van der Waals surface area contributed by atoms with E-state index in [0.717, 1.165) is 5.56 Å². The SMILES string of the molecule is CC(C(=O)NCC(O)c1ccc(F)cc1)c1ccsc1. The van der Waals surface area contributed by atoms with Crippen molar-refractivity contribution in [1.82, 2.24) is 5.32 Å². The molecule has 1 heterocycles. The highest BCUT2D eigenvalue weighted by Gasteiger charge is 2.17. The van der Waals surface area contributed by atoms with Crippen molar-refractivity contribution in [2.45, 2.75) is 18.9 Å². The van der Waals surface area contributed by atoms with Gasteiger partial charge in [0.05, 0.1) is 12.0 Å². The van der Waals surface area contributed by atoms with Crippen LogP contribution in [-0.4, -0.2) is 17.6 Å². The molecule has 0 spiro atoms. The zero-order chi connectivity index (χ0) is 14.5. The average Bonchev–Trinajstić information content (AvgIpc) is 2.98. The molecule has 0 aliphatic carbocycles. The van der Waals surface area contributed by atoms with Gasteiger partial charge in [0.2, 0.25) is 5.91 Å². The first-order valence-electron chi connectivity index (χ1n) is 6.31. The van der Waals surface area contributed by atoms with Gasteiger partial charge in [-0.25, -0.2) is 4.39 Å². The molecular weight excluding hydrogens is 277 g/mol. The fourth-order valence-electron chi connectivity index (χ4n) is 1.83. The van der Waals surface area contributed by atoms with Gasteiger partial charge in [-0.15, -0.1) is 0 Å². The van der Waals surface area contributed by atoms with Gasteiger partial charge in [0, 0.05) is 6.54 Å². The fraction of sp³-hybridized carbons (Fsp3) is 0.267. The summed E-state index contributed by atoms with van der Waals surface area (Å²) in [4.78, 5) is 12.0. The van der Waals surface area contributed by atoms with E-state index in [2.05, 4.69) is 5.32 Å². The van der Waals surface area contributed by atoms with Crippen LogP contribution in [0.4, 0.5) is 4.39 Å². The van der Waals surface area contributed by atoms with Crippen molar-refractivity contribution in [3.8, 4) is 0 Å². The fourth-order valence-corrected chi connectivity index (χ4v) is 2.58. The lowest BCUT2D eigenvalue weighted by molar-refractivity contribution is -0.122. The number of amides is 1. The normalized spacial score (nSPS) is 13.8. The maximum absolute atomic E-state index is 12.8. The molecule has 2 atom stereocenters. The number of aliphatic hydroxyl groups is 1. The van der Waals surface area contributed by atoms with E-state index in [4.69, 9.17) is 0 Å². The van der Waals surface area contributed by atoms with Crippen molar-refractivity contribution in [1.29, 1.82) is 0 Å². The highest BCUT2D eigenvalue weighted by atomic mass is 32.1. The number of hydrogen-bond donors (Lipinski definition) is 2. The van der Waals surface area contributed by atoms with Crippen molar-refractivity contribution in [2.75, 3.05) is 6.54 Å². The van der Waals surface area contributed by atoms with E-state index in [9.17, 15) is 14.3 Å². The molecule has 5 heteroatoms. The number of carbonyl (C=O) groups excluding carboxylic acids is 1. The molecule has 106 valence electrons. The standard InChI is InChI=1S/C15H16FNO2S/c1-10(12-6-7-20-9-12)15(19)17-8-14(18)11-2-4-13(16)5-3-11/h2-7,9-10,14,18H,8H2,1H3,(H,17,19). The van der Waals surface area contributed by atoms with Crippen LogP contribution in [0.5, 0.6) is 0 Å². The van der Waals surface area contributed by atoms with E-state index < -0.39 is 6.10 Å². The predicted molar refractivity (Wildman–Crippen MR) is 77.1 cm³/mol. The maximum atomic E-state index is 12.8. The van der Waals surface area contributed by atoms with Crippen LogP contribution in [0.3, 0.4) is 0 Å². The van der Waals surface area contributed by atoms with Crippen molar-refractivity contribution in [2.24, 2.45) is 0 Å². The number of hydrogen-bond acceptors (Lipinski definition) is 3. The number of carbonyl (C=O) groups is 1. The maximum Gasteiger partial charge on any atom is 0.227 e. The quantitative estimate of drug-likeness (QED) is 0.890. The lowest BCUT2D eigenvalue weighted by Crippen LogP contribution is -2.31. The molecule has 2 rings (SSSR count). The van der Waals surface area contributed by atoms with E-state index in [1.165, 1.54) is 24.3 Å². The molecule has 1 aromatic heterocycles. The molecule has 3 nitrogen and oxygen atoms in total. The van der Waals surface area contributed by atoms with Crippen LogP contribution < -0.4 is 5.32 Å². The van der Waals surface area contributed by atoms with Crippen LogP contribution in [0.2, 0.25) is 0 Å². The second-order valence-corrected chi connectivity index (χ2v) is 5.37. The summed E-state index contributed by atoms with van der Waals surface area (Å²) in [5.41, 5.74) is 1.54. The summed E-state index contributed by atoms with van der Waals surface area (Å²) in [7, 11) is 0. The summed E-state index contributed by atoms with van der Waals surface area (Å²) in [5.74, 6) is -0.734. The second-order valence-electron chi connectivity index (χ2n) is 4.59. The Labute approximate surface area is 121 Å². The van der Waals surface area contributed by atoms with Gasteiger partial charge >= 0.3 is 0 Å². The van der Waals surface area contributed by atoms with Crippen molar-refractivity contribution < 1.29 is 14.3 Å². The molecule has 2 unspecified atom stereocenters. The van der Waals surface area contributed by atoms with Gasteiger partial charge in [-0.05, 0) is 47.0 Å². The van der Waals surface area contributed by atoms with Crippen LogP contribution in [0, 0.1) is 5.82 Å². The largest absolute Gasteiger partial charge is 0.387 e. The Morgan fingerprint density at radius 3 is 2.60 bits per heavy atom. The monoisotopic (exact) mass is 293 g/mol. The summed E-state index contributed by atoms with van der Waals surface area (Å²) in [6.07, 6.45) is -0.839. The molecule has 2 N–H and O–H groups in total. The molecule has 20 heavy (non-hydrogen) atoms. The Balaban J connectivity index is 1.88. The van der Waals surface area contributed by atoms with E-state index in [1.54, 1.807) is 11.3 Å². The Morgan fingerprint density at radius 1 is 1.30 bits per heavy atom. The van der Waals surface area contributed by atoms with Gasteiger partial charge < -0.3 is 10.4 Å². The Kier molecular flexibility index (Phi) is 4.87. The third-order valence-corrected chi connectivity index (χ3v) is 3.86. The van der Waals surface area contributed by atoms with E-state index >= 15 is 0 Å². The highest BCUT2D eigenvalue weighted by Crippen LogP contribution is 2.19. The zero-order valence-corrected chi connectivity index (χ0v) is 11.9.